The van der Waals surface area contributed by atoms with Crippen molar-refractivity contribution >= 4 is 11.6 Å². The van der Waals surface area contributed by atoms with Crippen LogP contribution in [0.4, 0.5) is 0 Å². The van der Waals surface area contributed by atoms with E-state index in [1.807, 2.05) is 29.8 Å². The number of aryl methyl sites for hydroxylation is 1. The summed E-state index contributed by atoms with van der Waals surface area (Å²) in [5.41, 5.74) is 11.2. The molecular weight excluding hydrogens is 246 g/mol. The van der Waals surface area contributed by atoms with E-state index >= 15 is 0 Å². The average molecular weight is 264 g/mol. The Bertz CT molecular complexity index is 573. The van der Waals surface area contributed by atoms with Crippen LogP contribution < -0.4 is 5.73 Å². The van der Waals surface area contributed by atoms with Gasteiger partial charge in [0.15, 0.2) is 0 Å². The molecule has 1 aromatic carbocycles. The molecule has 18 heavy (non-hydrogen) atoms. The highest BCUT2D eigenvalue weighted by atomic mass is 35.5. The van der Waals surface area contributed by atoms with Crippen LogP contribution in [0.15, 0.2) is 18.2 Å². The molecule has 0 bridgehead atoms. The number of rotatable bonds is 3. The van der Waals surface area contributed by atoms with Gasteiger partial charge in [0.05, 0.1) is 12.2 Å². The molecule has 2 rings (SSSR count). The van der Waals surface area contributed by atoms with Crippen molar-refractivity contribution in [3.8, 4) is 0 Å². The third-order valence-corrected chi connectivity index (χ3v) is 3.77. The van der Waals surface area contributed by atoms with Crippen molar-refractivity contribution in [1.82, 2.24) is 9.78 Å². The molecule has 0 saturated heterocycles. The molecule has 0 aliphatic heterocycles. The summed E-state index contributed by atoms with van der Waals surface area (Å²) in [5, 5.41) is 5.27. The predicted molar refractivity (Wildman–Crippen MR) is 74.9 cm³/mol. The first kappa shape index (κ1) is 13.1. The molecule has 0 atom stereocenters. The summed E-state index contributed by atoms with van der Waals surface area (Å²) in [6.07, 6.45) is 0. The molecule has 4 heteroatoms. The third kappa shape index (κ3) is 2.42. The van der Waals surface area contributed by atoms with E-state index in [0.717, 1.165) is 21.8 Å². The monoisotopic (exact) mass is 263 g/mol. The van der Waals surface area contributed by atoms with Gasteiger partial charge in [-0.3, -0.25) is 4.68 Å². The summed E-state index contributed by atoms with van der Waals surface area (Å²) in [6.45, 7) is 7.41. The van der Waals surface area contributed by atoms with Crippen molar-refractivity contribution in [2.75, 3.05) is 0 Å². The second-order valence-corrected chi connectivity index (χ2v) is 4.99. The fourth-order valence-corrected chi connectivity index (χ4v) is 2.21. The van der Waals surface area contributed by atoms with Gasteiger partial charge in [0.2, 0.25) is 0 Å². The summed E-state index contributed by atoms with van der Waals surface area (Å²) < 4.78 is 1.99. The van der Waals surface area contributed by atoms with Crippen molar-refractivity contribution in [3.63, 3.8) is 0 Å². The first-order valence-electron chi connectivity index (χ1n) is 6.01. The predicted octanol–water partition coefficient (Wildman–Crippen LogP) is 2.97. The first-order valence-corrected chi connectivity index (χ1v) is 6.38. The Labute approximate surface area is 113 Å². The van der Waals surface area contributed by atoms with E-state index in [2.05, 4.69) is 18.9 Å². The fourth-order valence-electron chi connectivity index (χ4n) is 1.95. The minimum absolute atomic E-state index is 0.513. The minimum Gasteiger partial charge on any atom is -0.326 e. The number of hydrogen-bond acceptors (Lipinski definition) is 2. The Morgan fingerprint density at radius 3 is 2.50 bits per heavy atom. The topological polar surface area (TPSA) is 43.8 Å². The van der Waals surface area contributed by atoms with Gasteiger partial charge in [0.25, 0.3) is 0 Å². The van der Waals surface area contributed by atoms with Crippen LogP contribution >= 0.6 is 11.6 Å². The van der Waals surface area contributed by atoms with Gasteiger partial charge in [0, 0.05) is 17.3 Å². The van der Waals surface area contributed by atoms with Crippen LogP contribution in [0.3, 0.4) is 0 Å². The van der Waals surface area contributed by atoms with Crippen molar-refractivity contribution in [1.29, 1.82) is 0 Å². The summed E-state index contributed by atoms with van der Waals surface area (Å²) in [4.78, 5) is 0. The maximum Gasteiger partial charge on any atom is 0.0677 e. The van der Waals surface area contributed by atoms with Gasteiger partial charge in [0.1, 0.15) is 0 Å². The van der Waals surface area contributed by atoms with E-state index in [1.54, 1.807) is 0 Å². The number of halogens is 1. The first-order chi connectivity index (χ1) is 8.52. The summed E-state index contributed by atoms with van der Waals surface area (Å²) in [6, 6.07) is 5.96. The average Bonchev–Trinajstić information content (AvgIpc) is 2.59. The zero-order chi connectivity index (χ0) is 13.3. The van der Waals surface area contributed by atoms with E-state index in [1.165, 1.54) is 11.3 Å². The number of nitrogens with zero attached hydrogens (tertiary/aromatic N) is 2. The number of aromatic nitrogens is 2. The van der Waals surface area contributed by atoms with Crippen molar-refractivity contribution < 1.29 is 0 Å². The highest BCUT2D eigenvalue weighted by Gasteiger charge is 2.09. The Morgan fingerprint density at radius 2 is 2.00 bits per heavy atom. The molecule has 0 amide bonds. The molecule has 0 spiro atoms. The largest absolute Gasteiger partial charge is 0.326 e. The molecule has 0 radical (unpaired) electrons. The van der Waals surface area contributed by atoms with Crippen molar-refractivity contribution in [2.45, 2.75) is 33.9 Å². The second kappa shape index (κ2) is 5.12. The van der Waals surface area contributed by atoms with Crippen LogP contribution in [-0.2, 0) is 13.1 Å². The maximum absolute atomic E-state index is 6.26. The van der Waals surface area contributed by atoms with Crippen LogP contribution in [0.5, 0.6) is 0 Å². The quantitative estimate of drug-likeness (QED) is 0.925. The van der Waals surface area contributed by atoms with E-state index in [4.69, 9.17) is 17.3 Å². The molecule has 96 valence electrons. The van der Waals surface area contributed by atoms with Gasteiger partial charge in [-0.2, -0.15) is 5.10 Å². The Hall–Kier alpha value is -1.32. The fraction of sp³-hybridized carbons (Fsp3) is 0.357. The molecule has 0 unspecified atom stereocenters. The Morgan fingerprint density at radius 1 is 1.28 bits per heavy atom. The van der Waals surface area contributed by atoms with Crippen LogP contribution in [-0.4, -0.2) is 9.78 Å². The normalized spacial score (nSPS) is 10.9. The van der Waals surface area contributed by atoms with Crippen LogP contribution in [0.1, 0.15) is 28.1 Å². The zero-order valence-corrected chi connectivity index (χ0v) is 11.8. The SMILES string of the molecule is Cc1nn(Cc2ccc(CN)cc2Cl)c(C)c1C. The molecule has 0 aliphatic carbocycles. The van der Waals surface area contributed by atoms with Crippen LogP contribution in [0.2, 0.25) is 5.02 Å². The molecular formula is C14H18ClN3. The molecule has 2 aromatic rings. The number of benzene rings is 1. The van der Waals surface area contributed by atoms with E-state index in [0.29, 0.717) is 13.1 Å². The number of nitrogens with two attached hydrogens (primary N) is 1. The summed E-state index contributed by atoms with van der Waals surface area (Å²) in [5.74, 6) is 0. The molecule has 0 aliphatic rings. The molecule has 3 nitrogen and oxygen atoms in total. The standard InChI is InChI=1S/C14H18ClN3/c1-9-10(2)17-18(11(9)3)8-13-5-4-12(7-16)6-14(13)15/h4-6H,7-8,16H2,1-3H3. The Balaban J connectivity index is 2.31. The van der Waals surface area contributed by atoms with Gasteiger partial charge >= 0.3 is 0 Å². The van der Waals surface area contributed by atoms with Gasteiger partial charge < -0.3 is 5.73 Å². The van der Waals surface area contributed by atoms with Crippen molar-refractivity contribution in [2.24, 2.45) is 5.73 Å². The van der Waals surface area contributed by atoms with E-state index in [9.17, 15) is 0 Å². The van der Waals surface area contributed by atoms with Crippen LogP contribution in [0, 0.1) is 20.8 Å². The van der Waals surface area contributed by atoms with Gasteiger partial charge in [-0.05, 0) is 43.5 Å². The lowest BCUT2D eigenvalue weighted by atomic mass is 10.1. The zero-order valence-electron chi connectivity index (χ0n) is 11.0. The molecule has 1 aromatic heterocycles. The molecule has 2 N–H and O–H groups in total. The summed E-state index contributed by atoms with van der Waals surface area (Å²) in [7, 11) is 0. The molecule has 1 heterocycles. The molecule has 0 saturated carbocycles. The van der Waals surface area contributed by atoms with Gasteiger partial charge in [-0.1, -0.05) is 23.7 Å². The lowest BCUT2D eigenvalue weighted by Crippen LogP contribution is -2.05. The highest BCUT2D eigenvalue weighted by Crippen LogP contribution is 2.20. The Kier molecular flexibility index (Phi) is 3.73. The third-order valence-electron chi connectivity index (χ3n) is 3.42. The summed E-state index contributed by atoms with van der Waals surface area (Å²) >= 11 is 6.26. The smallest absolute Gasteiger partial charge is 0.0677 e. The lowest BCUT2D eigenvalue weighted by Gasteiger charge is -2.08. The van der Waals surface area contributed by atoms with Gasteiger partial charge in [-0.25, -0.2) is 0 Å². The van der Waals surface area contributed by atoms with Gasteiger partial charge in [-0.15, -0.1) is 0 Å². The van der Waals surface area contributed by atoms with Crippen molar-refractivity contribution in [3.05, 3.63) is 51.3 Å². The second-order valence-electron chi connectivity index (χ2n) is 4.58. The van der Waals surface area contributed by atoms with E-state index in [-0.39, 0.29) is 0 Å². The molecule has 0 fully saturated rings. The highest BCUT2D eigenvalue weighted by molar-refractivity contribution is 6.31. The minimum atomic E-state index is 0.513. The lowest BCUT2D eigenvalue weighted by molar-refractivity contribution is 0.658. The number of hydrogen-bond donors (Lipinski definition) is 1. The maximum atomic E-state index is 6.26. The van der Waals surface area contributed by atoms with Crippen LogP contribution in [0.25, 0.3) is 0 Å². The van der Waals surface area contributed by atoms with E-state index < -0.39 is 0 Å².